The maximum Gasteiger partial charge on any atom is 0.400 e. The van der Waals surface area contributed by atoms with Crippen molar-refractivity contribution in [1.82, 2.24) is 9.78 Å². The highest BCUT2D eigenvalue weighted by molar-refractivity contribution is 5.40. The first-order chi connectivity index (χ1) is 6.79. The summed E-state index contributed by atoms with van der Waals surface area (Å²) in [7, 11) is 1.31. The fourth-order valence-electron chi connectivity index (χ4n) is 1.60. The summed E-state index contributed by atoms with van der Waals surface area (Å²) in [5, 5.41) is 3.51. The quantitative estimate of drug-likeness (QED) is 0.737. The molecule has 3 nitrogen and oxygen atoms in total. The molecule has 0 amide bonds. The zero-order valence-electron chi connectivity index (χ0n) is 7.90. The van der Waals surface area contributed by atoms with Crippen LogP contribution in [0.1, 0.15) is 18.5 Å². The van der Waals surface area contributed by atoms with Gasteiger partial charge in [0.2, 0.25) is 0 Å². The van der Waals surface area contributed by atoms with Crippen molar-refractivity contribution in [1.29, 1.82) is 0 Å². The minimum Gasteiger partial charge on any atom is -0.381 e. The number of aromatic nitrogens is 2. The van der Waals surface area contributed by atoms with Gasteiger partial charge in [0.15, 0.2) is 11.6 Å². The highest BCUT2D eigenvalue weighted by atomic mass is 19.4. The number of hydrogen-bond donors (Lipinski definition) is 1. The van der Waals surface area contributed by atoms with E-state index in [0.29, 0.717) is 0 Å². The lowest BCUT2D eigenvalue weighted by atomic mass is 10.0. The number of nitrogens with two attached hydrogens (primary N) is 1. The summed E-state index contributed by atoms with van der Waals surface area (Å²) in [6.07, 6.45) is -4.71. The number of hydrogen-bond acceptors (Lipinski definition) is 2. The van der Waals surface area contributed by atoms with Crippen LogP contribution in [-0.4, -0.2) is 16.0 Å². The Balaban J connectivity index is 2.51. The summed E-state index contributed by atoms with van der Waals surface area (Å²) in [5.41, 5.74) is 2.55. The van der Waals surface area contributed by atoms with Crippen LogP contribution in [0.15, 0.2) is 0 Å². The molecule has 0 radical (unpaired) electrons. The van der Waals surface area contributed by atoms with Crippen LogP contribution < -0.4 is 5.73 Å². The largest absolute Gasteiger partial charge is 0.400 e. The molecule has 0 aromatic carbocycles. The molecule has 2 rings (SSSR count). The molecule has 1 saturated carbocycles. The Labute approximate surface area is 82.9 Å². The molecule has 1 aromatic rings. The van der Waals surface area contributed by atoms with Gasteiger partial charge in [-0.05, 0) is 12.8 Å². The first-order valence-corrected chi connectivity index (χ1v) is 4.35. The number of aryl methyl sites for hydroxylation is 1. The molecule has 1 fully saturated rings. The third-order valence-corrected chi connectivity index (χ3v) is 2.78. The van der Waals surface area contributed by atoms with Gasteiger partial charge in [-0.15, -0.1) is 0 Å². The monoisotopic (exact) mass is 223 g/mol. The van der Waals surface area contributed by atoms with E-state index >= 15 is 0 Å². The Hall–Kier alpha value is -1.27. The molecule has 1 aromatic heterocycles. The van der Waals surface area contributed by atoms with Gasteiger partial charge in [-0.2, -0.15) is 18.3 Å². The fraction of sp³-hybridized carbons (Fsp3) is 0.625. The summed E-state index contributed by atoms with van der Waals surface area (Å²) in [6, 6.07) is 0. The van der Waals surface area contributed by atoms with Crippen molar-refractivity contribution >= 4 is 5.82 Å². The molecule has 84 valence electrons. The van der Waals surface area contributed by atoms with E-state index in [9.17, 15) is 17.6 Å². The Morgan fingerprint density at radius 3 is 2.20 bits per heavy atom. The second kappa shape index (κ2) is 2.65. The average molecular weight is 223 g/mol. The van der Waals surface area contributed by atoms with E-state index < -0.39 is 23.1 Å². The van der Waals surface area contributed by atoms with Crippen LogP contribution in [-0.2, 0) is 12.5 Å². The Morgan fingerprint density at radius 2 is 1.93 bits per heavy atom. The Bertz CT molecular complexity index is 403. The standard InChI is InChI=1S/C8H9F4N3/c1-15-6(13)4(9)5(14-15)7(2-3-7)8(10,11)12/h2-3,13H2,1H3. The summed E-state index contributed by atoms with van der Waals surface area (Å²) in [6.45, 7) is 0. The van der Waals surface area contributed by atoms with Crippen LogP contribution in [0.2, 0.25) is 0 Å². The van der Waals surface area contributed by atoms with Crippen molar-refractivity contribution in [3.63, 3.8) is 0 Å². The molecule has 0 bridgehead atoms. The molecule has 1 aliphatic carbocycles. The van der Waals surface area contributed by atoms with Gasteiger partial charge in [0, 0.05) is 7.05 Å². The zero-order valence-corrected chi connectivity index (χ0v) is 7.90. The van der Waals surface area contributed by atoms with Crippen molar-refractivity contribution in [3.05, 3.63) is 11.5 Å². The second-order valence-electron chi connectivity index (χ2n) is 3.75. The molecule has 1 aliphatic rings. The van der Waals surface area contributed by atoms with Crippen LogP contribution in [0.25, 0.3) is 0 Å². The van der Waals surface area contributed by atoms with Gasteiger partial charge >= 0.3 is 6.18 Å². The van der Waals surface area contributed by atoms with Crippen molar-refractivity contribution in [2.45, 2.75) is 24.4 Å². The molecule has 0 unspecified atom stereocenters. The number of nitrogen functional groups attached to an aromatic ring is 1. The van der Waals surface area contributed by atoms with Crippen molar-refractivity contribution in [2.24, 2.45) is 7.05 Å². The maximum absolute atomic E-state index is 13.4. The SMILES string of the molecule is Cn1nc(C2(C(F)(F)F)CC2)c(F)c1N. The van der Waals surface area contributed by atoms with Crippen LogP contribution in [0.4, 0.5) is 23.4 Å². The van der Waals surface area contributed by atoms with Gasteiger partial charge in [-0.3, -0.25) is 4.68 Å². The van der Waals surface area contributed by atoms with Crippen LogP contribution in [0.3, 0.4) is 0 Å². The Morgan fingerprint density at radius 1 is 1.40 bits per heavy atom. The summed E-state index contributed by atoms with van der Waals surface area (Å²) in [4.78, 5) is 0. The Kier molecular flexibility index (Phi) is 1.81. The van der Waals surface area contributed by atoms with Gasteiger partial charge in [0.25, 0.3) is 0 Å². The first kappa shape index (κ1) is 10.3. The van der Waals surface area contributed by atoms with Gasteiger partial charge in [-0.25, -0.2) is 4.39 Å². The minimum atomic E-state index is -4.46. The second-order valence-corrected chi connectivity index (χ2v) is 3.75. The van der Waals surface area contributed by atoms with Gasteiger partial charge in [0.05, 0.1) is 0 Å². The fourth-order valence-corrected chi connectivity index (χ4v) is 1.60. The lowest BCUT2D eigenvalue weighted by Crippen LogP contribution is -2.30. The molecule has 0 saturated heterocycles. The van der Waals surface area contributed by atoms with Crippen LogP contribution in [0.5, 0.6) is 0 Å². The number of halogens is 4. The van der Waals surface area contributed by atoms with E-state index in [1.165, 1.54) is 7.05 Å². The highest BCUT2D eigenvalue weighted by Crippen LogP contribution is 2.59. The van der Waals surface area contributed by atoms with E-state index in [4.69, 9.17) is 5.73 Å². The molecule has 0 atom stereocenters. The van der Waals surface area contributed by atoms with Crippen molar-refractivity contribution in [3.8, 4) is 0 Å². The lowest BCUT2D eigenvalue weighted by molar-refractivity contribution is -0.162. The van der Waals surface area contributed by atoms with Crippen LogP contribution >= 0.6 is 0 Å². The normalized spacial score (nSPS) is 19.3. The number of nitrogens with zero attached hydrogens (tertiary/aromatic N) is 2. The van der Waals surface area contributed by atoms with Gasteiger partial charge in [-0.1, -0.05) is 0 Å². The van der Waals surface area contributed by atoms with Crippen molar-refractivity contribution in [2.75, 3.05) is 5.73 Å². The molecular formula is C8H9F4N3. The van der Waals surface area contributed by atoms with E-state index in [1.54, 1.807) is 0 Å². The molecule has 7 heteroatoms. The third kappa shape index (κ3) is 1.22. The summed E-state index contributed by atoms with van der Waals surface area (Å²) >= 11 is 0. The number of rotatable bonds is 1. The van der Waals surface area contributed by atoms with Crippen LogP contribution in [0, 0.1) is 5.82 Å². The molecule has 0 aliphatic heterocycles. The first-order valence-electron chi connectivity index (χ1n) is 4.35. The lowest BCUT2D eigenvalue weighted by Gasteiger charge is -2.16. The predicted octanol–water partition coefficient (Wildman–Crippen LogP) is 1.74. The average Bonchev–Trinajstić information content (AvgIpc) is 2.86. The summed E-state index contributed by atoms with van der Waals surface area (Å²) < 4.78 is 52.2. The van der Waals surface area contributed by atoms with E-state index in [1.807, 2.05) is 0 Å². The molecule has 0 spiro atoms. The highest BCUT2D eigenvalue weighted by Gasteiger charge is 2.67. The van der Waals surface area contributed by atoms with Crippen molar-refractivity contribution < 1.29 is 17.6 Å². The maximum atomic E-state index is 13.4. The summed E-state index contributed by atoms with van der Waals surface area (Å²) in [5.74, 6) is -1.41. The predicted molar refractivity (Wildman–Crippen MR) is 44.5 cm³/mol. The molecular weight excluding hydrogens is 214 g/mol. The molecule has 15 heavy (non-hydrogen) atoms. The topological polar surface area (TPSA) is 43.8 Å². The number of alkyl halides is 3. The minimum absolute atomic E-state index is 0.121. The van der Waals surface area contributed by atoms with Gasteiger partial charge in [0.1, 0.15) is 11.1 Å². The van der Waals surface area contributed by atoms with E-state index in [0.717, 1.165) is 4.68 Å². The smallest absolute Gasteiger partial charge is 0.381 e. The van der Waals surface area contributed by atoms with E-state index in [-0.39, 0.29) is 18.7 Å². The zero-order chi connectivity index (χ0) is 11.4. The molecule has 1 heterocycles. The molecule has 2 N–H and O–H groups in total. The van der Waals surface area contributed by atoms with E-state index in [2.05, 4.69) is 5.10 Å². The third-order valence-electron chi connectivity index (χ3n) is 2.78. The van der Waals surface area contributed by atoms with Gasteiger partial charge < -0.3 is 5.73 Å². The number of anilines is 1.